The summed E-state index contributed by atoms with van der Waals surface area (Å²) < 4.78 is 36.5. The molecule has 2 heterocycles. The van der Waals surface area contributed by atoms with Crippen LogP contribution in [0.15, 0.2) is 59.1 Å². The molecule has 1 aromatic heterocycles. The summed E-state index contributed by atoms with van der Waals surface area (Å²) in [7, 11) is -2.42. The smallest absolute Gasteiger partial charge is 0.262 e. The molecule has 7 nitrogen and oxygen atoms in total. The second kappa shape index (κ2) is 8.11. The van der Waals surface area contributed by atoms with Gasteiger partial charge in [-0.05, 0) is 55.8 Å². The van der Waals surface area contributed by atoms with Crippen LogP contribution in [0.25, 0.3) is 0 Å². The van der Waals surface area contributed by atoms with Gasteiger partial charge in [0.05, 0.1) is 22.8 Å². The second-order valence-electron chi connectivity index (χ2n) is 7.14. The lowest BCUT2D eigenvalue weighted by molar-refractivity contribution is 0.415. The number of hydrogen-bond acceptors (Lipinski definition) is 5. The predicted molar refractivity (Wildman–Crippen MR) is 123 cm³/mol. The number of anilines is 2. The molecule has 10 heteroatoms. The summed E-state index contributed by atoms with van der Waals surface area (Å²) in [5, 5.41) is 8.39. The van der Waals surface area contributed by atoms with Gasteiger partial charge in [0.2, 0.25) is 0 Å². The Kier molecular flexibility index (Phi) is 5.63. The lowest BCUT2D eigenvalue weighted by atomic mass is 10.0. The van der Waals surface area contributed by atoms with Crippen molar-refractivity contribution in [1.82, 2.24) is 9.78 Å². The molecule has 4 rings (SSSR count). The van der Waals surface area contributed by atoms with E-state index < -0.39 is 16.1 Å². The summed E-state index contributed by atoms with van der Waals surface area (Å²) >= 11 is 12.3. The van der Waals surface area contributed by atoms with Crippen molar-refractivity contribution in [2.75, 3.05) is 17.1 Å². The summed E-state index contributed by atoms with van der Waals surface area (Å²) in [6.45, 7) is 3.57. The number of methoxy groups -OCH3 is 1. The van der Waals surface area contributed by atoms with E-state index in [0.717, 1.165) is 5.69 Å². The Hall–Kier alpha value is -2.68. The van der Waals surface area contributed by atoms with Crippen LogP contribution in [-0.4, -0.2) is 25.3 Å². The van der Waals surface area contributed by atoms with Crippen LogP contribution >= 0.6 is 23.2 Å². The fraction of sp³-hybridized carbons (Fsp3) is 0.190. The first-order chi connectivity index (χ1) is 14.7. The maximum Gasteiger partial charge on any atom is 0.262 e. The Labute approximate surface area is 190 Å². The van der Waals surface area contributed by atoms with E-state index in [1.165, 1.54) is 0 Å². The monoisotopic (exact) mass is 478 g/mol. The quantitative estimate of drug-likeness (QED) is 0.526. The highest BCUT2D eigenvalue weighted by atomic mass is 35.5. The topological polar surface area (TPSA) is 85.2 Å². The molecule has 0 saturated heterocycles. The summed E-state index contributed by atoms with van der Waals surface area (Å²) in [6.07, 6.45) is 0. The van der Waals surface area contributed by atoms with Gasteiger partial charge in [-0.3, -0.25) is 4.72 Å². The minimum absolute atomic E-state index is 0.136. The van der Waals surface area contributed by atoms with Crippen LogP contribution in [-0.2, 0) is 10.0 Å². The van der Waals surface area contributed by atoms with E-state index >= 15 is 0 Å². The van der Waals surface area contributed by atoms with Crippen LogP contribution in [0.5, 0.6) is 5.75 Å². The molecule has 31 heavy (non-hydrogen) atoms. The fourth-order valence-electron chi connectivity index (χ4n) is 3.57. The Bertz CT molecular complexity index is 1280. The molecule has 1 atom stereocenters. The number of hydrogen-bond donors (Lipinski definition) is 2. The van der Waals surface area contributed by atoms with Gasteiger partial charge in [0.15, 0.2) is 0 Å². The molecule has 1 unspecified atom stereocenters. The average molecular weight is 479 g/mol. The van der Waals surface area contributed by atoms with E-state index in [1.54, 1.807) is 61.2 Å². The third-order valence-corrected chi connectivity index (χ3v) is 7.28. The fourth-order valence-corrected chi connectivity index (χ4v) is 5.42. The third kappa shape index (κ3) is 4.11. The van der Waals surface area contributed by atoms with Crippen LogP contribution in [0.2, 0.25) is 10.0 Å². The lowest BCUT2D eigenvalue weighted by Gasteiger charge is -2.30. The van der Waals surface area contributed by atoms with Crippen molar-refractivity contribution in [1.29, 1.82) is 0 Å². The molecule has 2 aromatic carbocycles. The van der Waals surface area contributed by atoms with Crippen molar-refractivity contribution in [3.63, 3.8) is 0 Å². The molecule has 1 aliphatic heterocycles. The first-order valence-corrected chi connectivity index (χ1v) is 11.6. The van der Waals surface area contributed by atoms with Crippen LogP contribution in [0.3, 0.4) is 0 Å². The zero-order valence-corrected chi connectivity index (χ0v) is 19.3. The van der Waals surface area contributed by atoms with Crippen molar-refractivity contribution in [3.05, 3.63) is 80.4 Å². The number of rotatable bonds is 5. The van der Waals surface area contributed by atoms with Crippen molar-refractivity contribution < 1.29 is 13.2 Å². The highest BCUT2D eigenvalue weighted by Gasteiger charge is 2.37. The Morgan fingerprint density at radius 2 is 1.77 bits per heavy atom. The van der Waals surface area contributed by atoms with Gasteiger partial charge in [-0.2, -0.15) is 5.10 Å². The maximum absolute atomic E-state index is 13.5. The van der Waals surface area contributed by atoms with E-state index in [0.29, 0.717) is 38.6 Å². The molecular formula is C21H20Cl2N4O3S. The number of halogens is 2. The number of allylic oxidation sites excluding steroid dienone is 2. The first-order valence-electron chi connectivity index (χ1n) is 9.35. The Balaban J connectivity index is 1.83. The standard InChI is InChI=1S/C21H20Cl2N4O3S/c1-12-10-19-24-13(2)21(31(28,29)26-15-5-7-16(30-3)8-6-15)20(27(19)25-12)14-4-9-17(22)18(23)11-14/h4-11,20,24,26H,1-3H3. The molecule has 162 valence electrons. The highest BCUT2D eigenvalue weighted by Crippen LogP contribution is 2.40. The van der Waals surface area contributed by atoms with Crippen LogP contribution in [0.1, 0.15) is 24.2 Å². The van der Waals surface area contributed by atoms with Crippen LogP contribution in [0.4, 0.5) is 11.5 Å². The number of aryl methyl sites for hydroxylation is 1. The molecule has 0 bridgehead atoms. The summed E-state index contributed by atoms with van der Waals surface area (Å²) in [4.78, 5) is 0.136. The summed E-state index contributed by atoms with van der Waals surface area (Å²) in [5.74, 6) is 1.32. The van der Waals surface area contributed by atoms with E-state index in [9.17, 15) is 8.42 Å². The minimum atomic E-state index is -3.97. The van der Waals surface area contributed by atoms with E-state index in [2.05, 4.69) is 15.1 Å². The number of sulfonamides is 1. The second-order valence-corrected chi connectivity index (χ2v) is 9.61. The highest BCUT2D eigenvalue weighted by molar-refractivity contribution is 7.96. The van der Waals surface area contributed by atoms with Gasteiger partial charge in [0, 0.05) is 17.5 Å². The summed E-state index contributed by atoms with van der Waals surface area (Å²) in [6, 6.07) is 12.8. The zero-order valence-electron chi connectivity index (χ0n) is 17.0. The normalized spacial score (nSPS) is 16.0. The number of nitrogens with one attached hydrogen (secondary N) is 2. The third-order valence-electron chi connectivity index (χ3n) is 4.93. The van der Waals surface area contributed by atoms with Gasteiger partial charge < -0.3 is 10.1 Å². The molecule has 1 aliphatic rings. The number of ether oxygens (including phenoxy) is 1. The van der Waals surface area contributed by atoms with Crippen LogP contribution in [0, 0.1) is 6.92 Å². The van der Waals surface area contributed by atoms with Gasteiger partial charge in [-0.1, -0.05) is 29.3 Å². The molecule has 0 saturated carbocycles. The average Bonchev–Trinajstić information content (AvgIpc) is 3.08. The van der Waals surface area contributed by atoms with Crippen molar-refractivity contribution in [2.45, 2.75) is 19.9 Å². The van der Waals surface area contributed by atoms with Crippen molar-refractivity contribution >= 4 is 44.7 Å². The largest absolute Gasteiger partial charge is 0.497 e. The number of nitrogens with zero attached hydrogens (tertiary/aromatic N) is 2. The number of fused-ring (bicyclic) bond motifs is 1. The zero-order chi connectivity index (χ0) is 22.3. The first kappa shape index (κ1) is 21.5. The van der Waals surface area contributed by atoms with Gasteiger partial charge >= 0.3 is 0 Å². The molecule has 2 N–H and O–H groups in total. The molecule has 3 aromatic rings. The van der Waals surface area contributed by atoms with E-state index in [4.69, 9.17) is 27.9 Å². The predicted octanol–water partition coefficient (Wildman–Crippen LogP) is 5.20. The van der Waals surface area contributed by atoms with Crippen molar-refractivity contribution in [3.8, 4) is 5.75 Å². The molecule has 0 fully saturated rings. The number of benzene rings is 2. The number of aromatic nitrogens is 2. The van der Waals surface area contributed by atoms with Crippen LogP contribution < -0.4 is 14.8 Å². The van der Waals surface area contributed by atoms with Gasteiger partial charge in [0.25, 0.3) is 10.0 Å². The molecule has 0 radical (unpaired) electrons. The van der Waals surface area contributed by atoms with Gasteiger partial charge in [-0.15, -0.1) is 0 Å². The Morgan fingerprint density at radius 1 is 1.06 bits per heavy atom. The van der Waals surface area contributed by atoms with Gasteiger partial charge in [0.1, 0.15) is 22.5 Å². The lowest BCUT2D eigenvalue weighted by Crippen LogP contribution is -2.31. The van der Waals surface area contributed by atoms with Crippen molar-refractivity contribution in [2.24, 2.45) is 0 Å². The van der Waals surface area contributed by atoms with E-state index in [-0.39, 0.29) is 4.91 Å². The van der Waals surface area contributed by atoms with E-state index in [1.807, 2.05) is 13.0 Å². The Morgan fingerprint density at radius 3 is 2.42 bits per heavy atom. The molecule has 0 amide bonds. The summed E-state index contributed by atoms with van der Waals surface area (Å²) in [5.41, 5.74) is 2.30. The molecule has 0 aliphatic carbocycles. The maximum atomic E-state index is 13.5. The molecule has 0 spiro atoms. The van der Waals surface area contributed by atoms with Gasteiger partial charge in [-0.25, -0.2) is 13.1 Å². The SMILES string of the molecule is COc1ccc(NS(=O)(=O)C2=C(C)Nc3cc(C)nn3C2c2ccc(Cl)c(Cl)c2)cc1. The molecular weight excluding hydrogens is 459 g/mol. The minimum Gasteiger partial charge on any atom is -0.497 e.